The highest BCUT2D eigenvalue weighted by Crippen LogP contribution is 2.25. The van der Waals surface area contributed by atoms with Crippen LogP contribution in [0.4, 0.5) is 4.79 Å². The molecule has 0 spiro atoms. The van der Waals surface area contributed by atoms with E-state index in [1.807, 2.05) is 0 Å². The second-order valence-corrected chi connectivity index (χ2v) is 6.99. The number of methoxy groups -OCH3 is 1. The van der Waals surface area contributed by atoms with Gasteiger partial charge in [-0.1, -0.05) is 52.4 Å². The van der Waals surface area contributed by atoms with E-state index in [-0.39, 0.29) is 12.4 Å². The molecule has 0 saturated carbocycles. The fraction of sp³-hybridized carbons (Fsp3) is 0.682. The summed E-state index contributed by atoms with van der Waals surface area (Å²) >= 11 is 0. The van der Waals surface area contributed by atoms with Crippen molar-refractivity contribution >= 4 is 12.1 Å². The third kappa shape index (κ3) is 11.6. The number of hydrogen-bond donors (Lipinski definition) is 1. The van der Waals surface area contributed by atoms with Gasteiger partial charge in [-0.15, -0.1) is 0 Å². The largest absolute Gasteiger partial charge is 0.491 e. The van der Waals surface area contributed by atoms with Gasteiger partial charge in [-0.25, -0.2) is 9.78 Å². The van der Waals surface area contributed by atoms with Crippen molar-refractivity contribution < 1.29 is 28.5 Å². The van der Waals surface area contributed by atoms with Crippen molar-refractivity contribution in [1.29, 1.82) is 0 Å². The van der Waals surface area contributed by atoms with Gasteiger partial charge in [-0.05, 0) is 24.5 Å². The summed E-state index contributed by atoms with van der Waals surface area (Å²) in [7, 11) is 1.46. The van der Waals surface area contributed by atoms with Crippen LogP contribution in [0.15, 0.2) is 12.3 Å². The molecule has 0 saturated heterocycles. The first-order valence-corrected chi connectivity index (χ1v) is 10.8. The van der Waals surface area contributed by atoms with Crippen molar-refractivity contribution in [3.63, 3.8) is 0 Å². The first-order valence-electron chi connectivity index (χ1n) is 10.8. The van der Waals surface area contributed by atoms with Gasteiger partial charge in [-0.3, -0.25) is 4.79 Å². The molecular formula is C22H36N2O6. The Morgan fingerprint density at radius 2 is 1.73 bits per heavy atom. The third-order valence-corrected chi connectivity index (χ3v) is 4.33. The lowest BCUT2D eigenvalue weighted by atomic mass is 10.1. The average molecular weight is 425 g/mol. The van der Waals surface area contributed by atoms with Gasteiger partial charge in [0.1, 0.15) is 6.54 Å². The van der Waals surface area contributed by atoms with Gasteiger partial charge in [0.05, 0.1) is 20.3 Å². The maximum absolute atomic E-state index is 11.9. The molecule has 0 aliphatic rings. The van der Waals surface area contributed by atoms with Gasteiger partial charge in [0.25, 0.3) is 5.88 Å². The molecule has 1 aromatic heterocycles. The van der Waals surface area contributed by atoms with E-state index < -0.39 is 12.1 Å². The van der Waals surface area contributed by atoms with Gasteiger partial charge in [-0.2, -0.15) is 0 Å². The quantitative estimate of drug-likeness (QED) is 0.310. The smallest absolute Gasteiger partial charge is 0.414 e. The number of hydrogen-bond acceptors (Lipinski definition) is 7. The van der Waals surface area contributed by atoms with Gasteiger partial charge in [0.2, 0.25) is 0 Å². The summed E-state index contributed by atoms with van der Waals surface area (Å²) in [6.07, 6.45) is 9.48. The van der Waals surface area contributed by atoms with Crippen molar-refractivity contribution in [2.24, 2.45) is 0 Å². The number of esters is 1. The monoisotopic (exact) mass is 424 g/mol. The van der Waals surface area contributed by atoms with Crippen molar-refractivity contribution in [2.45, 2.75) is 71.8 Å². The lowest BCUT2D eigenvalue weighted by Crippen LogP contribution is -2.33. The summed E-state index contributed by atoms with van der Waals surface area (Å²) in [5, 5.41) is 2.36. The Kier molecular flexibility index (Phi) is 14.1. The Morgan fingerprint density at radius 1 is 1.00 bits per heavy atom. The SMILES string of the molecule is CCCCCCCCOC(=O)CNC(=O)Oc1ncc(COCCCC)cc1OC. The second kappa shape index (κ2) is 16.4. The first-order chi connectivity index (χ1) is 14.6. The average Bonchev–Trinajstić information content (AvgIpc) is 2.75. The molecule has 1 aromatic rings. The number of unbranched alkanes of at least 4 members (excludes halogenated alkanes) is 6. The molecule has 0 aliphatic carbocycles. The fourth-order valence-corrected chi connectivity index (χ4v) is 2.60. The predicted octanol–water partition coefficient (Wildman–Crippen LogP) is 4.40. The van der Waals surface area contributed by atoms with E-state index in [0.717, 1.165) is 37.7 Å². The molecule has 1 heterocycles. The van der Waals surface area contributed by atoms with E-state index in [4.69, 9.17) is 18.9 Å². The van der Waals surface area contributed by atoms with E-state index in [0.29, 0.717) is 25.6 Å². The molecule has 0 aromatic carbocycles. The Balaban J connectivity index is 2.30. The second-order valence-electron chi connectivity index (χ2n) is 6.99. The van der Waals surface area contributed by atoms with Crippen LogP contribution in [0.2, 0.25) is 0 Å². The molecule has 0 unspecified atom stereocenters. The summed E-state index contributed by atoms with van der Waals surface area (Å²) in [6, 6.07) is 1.70. The van der Waals surface area contributed by atoms with E-state index >= 15 is 0 Å². The topological polar surface area (TPSA) is 96.0 Å². The third-order valence-electron chi connectivity index (χ3n) is 4.33. The van der Waals surface area contributed by atoms with Crippen molar-refractivity contribution in [3.05, 3.63) is 17.8 Å². The van der Waals surface area contributed by atoms with Crippen LogP contribution < -0.4 is 14.8 Å². The number of amides is 1. The molecule has 8 heteroatoms. The zero-order chi connectivity index (χ0) is 22.0. The summed E-state index contributed by atoms with van der Waals surface area (Å²) in [5.41, 5.74) is 0.814. The van der Waals surface area contributed by atoms with Gasteiger partial charge in [0, 0.05) is 12.8 Å². The van der Waals surface area contributed by atoms with Crippen molar-refractivity contribution in [2.75, 3.05) is 26.9 Å². The normalized spacial score (nSPS) is 10.5. The van der Waals surface area contributed by atoms with E-state index in [9.17, 15) is 9.59 Å². The lowest BCUT2D eigenvalue weighted by Gasteiger charge is -2.11. The molecule has 1 rings (SSSR count). The molecule has 0 fully saturated rings. The standard InChI is InChI=1S/C22H36N2O6/c1-4-6-8-9-10-11-13-29-20(25)16-24-22(26)30-21-19(27-3)14-18(15-23-21)17-28-12-7-5-2/h14-15H,4-13,16-17H2,1-3H3,(H,24,26). The molecule has 30 heavy (non-hydrogen) atoms. The number of carbonyl (C=O) groups excluding carboxylic acids is 2. The van der Waals surface area contributed by atoms with Gasteiger partial charge in [0.15, 0.2) is 5.75 Å². The minimum Gasteiger partial charge on any atom is -0.491 e. The minimum absolute atomic E-state index is 0.0211. The van der Waals surface area contributed by atoms with Crippen molar-refractivity contribution in [1.82, 2.24) is 10.3 Å². The zero-order valence-electron chi connectivity index (χ0n) is 18.5. The predicted molar refractivity (Wildman–Crippen MR) is 114 cm³/mol. The first kappa shape index (κ1) is 25.7. The minimum atomic E-state index is -0.802. The van der Waals surface area contributed by atoms with Gasteiger partial charge >= 0.3 is 12.1 Å². The number of aromatic nitrogens is 1. The number of pyridine rings is 1. The molecule has 0 bridgehead atoms. The maximum Gasteiger partial charge on any atom is 0.414 e. The number of ether oxygens (including phenoxy) is 4. The molecule has 0 radical (unpaired) electrons. The summed E-state index contributed by atoms with van der Waals surface area (Å²) in [4.78, 5) is 27.7. The van der Waals surface area contributed by atoms with Crippen LogP contribution >= 0.6 is 0 Å². The highest BCUT2D eigenvalue weighted by molar-refractivity contribution is 5.79. The number of carbonyl (C=O) groups is 2. The van der Waals surface area contributed by atoms with Crippen LogP contribution in [0.5, 0.6) is 11.6 Å². The van der Waals surface area contributed by atoms with Crippen LogP contribution in [0.3, 0.4) is 0 Å². The Bertz CT molecular complexity index is 624. The Morgan fingerprint density at radius 3 is 2.47 bits per heavy atom. The number of rotatable bonds is 16. The Labute approximate surface area is 179 Å². The summed E-state index contributed by atoms with van der Waals surface area (Å²) < 4.78 is 21.0. The summed E-state index contributed by atoms with van der Waals surface area (Å²) in [5.74, 6) is -0.167. The molecule has 170 valence electrons. The molecule has 1 amide bonds. The summed E-state index contributed by atoms with van der Waals surface area (Å²) in [6.45, 7) is 5.44. The van der Waals surface area contributed by atoms with Crippen LogP contribution in [0.25, 0.3) is 0 Å². The highest BCUT2D eigenvalue weighted by Gasteiger charge is 2.14. The molecule has 0 atom stereocenters. The van der Waals surface area contributed by atoms with Crippen molar-refractivity contribution in [3.8, 4) is 11.6 Å². The van der Waals surface area contributed by atoms with E-state index in [1.54, 1.807) is 12.3 Å². The highest BCUT2D eigenvalue weighted by atomic mass is 16.6. The molecule has 1 N–H and O–H groups in total. The van der Waals surface area contributed by atoms with E-state index in [2.05, 4.69) is 24.1 Å². The zero-order valence-corrected chi connectivity index (χ0v) is 18.5. The van der Waals surface area contributed by atoms with Crippen LogP contribution in [0, 0.1) is 0 Å². The molecular weight excluding hydrogens is 388 g/mol. The lowest BCUT2D eigenvalue weighted by molar-refractivity contribution is -0.142. The van der Waals surface area contributed by atoms with Crippen LogP contribution in [-0.2, 0) is 20.9 Å². The van der Waals surface area contributed by atoms with E-state index in [1.165, 1.54) is 26.4 Å². The van der Waals surface area contributed by atoms with Crippen LogP contribution in [0.1, 0.15) is 70.8 Å². The molecule has 0 aliphatic heterocycles. The number of nitrogens with zero attached hydrogens (tertiary/aromatic N) is 1. The van der Waals surface area contributed by atoms with Crippen LogP contribution in [-0.4, -0.2) is 43.9 Å². The Hall–Kier alpha value is -2.35. The van der Waals surface area contributed by atoms with Gasteiger partial charge < -0.3 is 24.3 Å². The number of nitrogens with one attached hydrogen (secondary N) is 1. The fourth-order valence-electron chi connectivity index (χ4n) is 2.60. The maximum atomic E-state index is 11.9. The molecule has 8 nitrogen and oxygen atoms in total.